The van der Waals surface area contributed by atoms with Crippen LogP contribution in [0.2, 0.25) is 5.02 Å². The predicted octanol–water partition coefficient (Wildman–Crippen LogP) is 4.99. The molecular formula is C14H11Cl3N2OS. The van der Waals surface area contributed by atoms with Gasteiger partial charge in [-0.15, -0.1) is 34.5 Å². The van der Waals surface area contributed by atoms with Crippen molar-refractivity contribution in [1.82, 2.24) is 4.98 Å². The summed E-state index contributed by atoms with van der Waals surface area (Å²) in [5.74, 6) is -0.215. The minimum Gasteiger partial charge on any atom is -0.301 e. The van der Waals surface area contributed by atoms with Crippen LogP contribution in [0.4, 0.5) is 5.13 Å². The van der Waals surface area contributed by atoms with Crippen molar-refractivity contribution < 1.29 is 4.79 Å². The molecule has 0 radical (unpaired) electrons. The van der Waals surface area contributed by atoms with Crippen LogP contribution in [0.5, 0.6) is 0 Å². The van der Waals surface area contributed by atoms with Crippen molar-refractivity contribution in [3.8, 4) is 11.3 Å². The Bertz CT molecular complexity index is 716. The lowest BCUT2D eigenvalue weighted by Crippen LogP contribution is -2.25. The number of halogens is 3. The van der Waals surface area contributed by atoms with Crippen molar-refractivity contribution in [2.24, 2.45) is 5.41 Å². The summed E-state index contributed by atoms with van der Waals surface area (Å²) in [6.07, 6.45) is 0.442. The molecule has 110 valence electrons. The van der Waals surface area contributed by atoms with Crippen molar-refractivity contribution in [3.05, 3.63) is 34.7 Å². The number of carbonyl (C=O) groups is 1. The fraction of sp³-hybridized carbons (Fsp3) is 0.286. The van der Waals surface area contributed by atoms with Gasteiger partial charge in [-0.05, 0) is 19.4 Å². The molecule has 7 heteroatoms. The third kappa shape index (κ3) is 2.66. The quantitative estimate of drug-likeness (QED) is 0.783. The van der Waals surface area contributed by atoms with Crippen molar-refractivity contribution >= 4 is 57.2 Å². The number of hydrogen-bond acceptors (Lipinski definition) is 3. The molecule has 1 fully saturated rings. The van der Waals surface area contributed by atoms with Gasteiger partial charge < -0.3 is 5.32 Å². The summed E-state index contributed by atoms with van der Waals surface area (Å²) in [5, 5.41) is 5.74. The maximum atomic E-state index is 12.2. The molecule has 1 amide bonds. The molecule has 1 aromatic heterocycles. The summed E-state index contributed by atoms with van der Waals surface area (Å²) in [6, 6.07) is 7.43. The number of amides is 1. The molecule has 1 aliphatic rings. The number of alkyl halides is 2. The maximum Gasteiger partial charge on any atom is 0.235 e. The van der Waals surface area contributed by atoms with Crippen molar-refractivity contribution in [3.63, 3.8) is 0 Å². The first kappa shape index (κ1) is 15.1. The standard InChI is InChI=1S/C14H11Cl3N2OS/c1-13(7-14(13,16)17)11(20)19-12-18-10(6-21-12)8-4-2-3-5-9(8)15/h2-6H,7H2,1H3,(H,18,19,20). The molecule has 0 spiro atoms. The van der Waals surface area contributed by atoms with Gasteiger partial charge in [-0.2, -0.15) is 0 Å². The number of anilines is 1. The van der Waals surface area contributed by atoms with E-state index < -0.39 is 9.75 Å². The second kappa shape index (κ2) is 5.13. The van der Waals surface area contributed by atoms with E-state index in [4.69, 9.17) is 34.8 Å². The van der Waals surface area contributed by atoms with Gasteiger partial charge in [-0.1, -0.05) is 29.8 Å². The highest BCUT2D eigenvalue weighted by atomic mass is 35.5. The maximum absolute atomic E-state index is 12.2. The van der Waals surface area contributed by atoms with Gasteiger partial charge in [0.25, 0.3) is 0 Å². The Morgan fingerprint density at radius 1 is 1.38 bits per heavy atom. The topological polar surface area (TPSA) is 42.0 Å². The first-order valence-electron chi connectivity index (χ1n) is 6.23. The molecule has 0 saturated heterocycles. The molecule has 1 unspecified atom stereocenters. The number of benzene rings is 1. The Morgan fingerprint density at radius 3 is 2.67 bits per heavy atom. The summed E-state index contributed by atoms with van der Waals surface area (Å²) >= 11 is 19.5. The summed E-state index contributed by atoms with van der Waals surface area (Å²) in [6.45, 7) is 1.74. The molecule has 1 N–H and O–H groups in total. The fourth-order valence-electron chi connectivity index (χ4n) is 2.01. The Balaban J connectivity index is 1.78. The van der Waals surface area contributed by atoms with E-state index in [1.807, 2.05) is 23.6 Å². The highest BCUT2D eigenvalue weighted by Crippen LogP contribution is 2.64. The van der Waals surface area contributed by atoms with Gasteiger partial charge in [-0.3, -0.25) is 4.79 Å². The third-order valence-corrected chi connectivity index (χ3v) is 5.82. The minimum absolute atomic E-state index is 0.215. The summed E-state index contributed by atoms with van der Waals surface area (Å²) in [7, 11) is 0. The van der Waals surface area contributed by atoms with E-state index in [9.17, 15) is 4.79 Å². The van der Waals surface area contributed by atoms with Gasteiger partial charge in [0.05, 0.1) is 11.1 Å². The molecule has 21 heavy (non-hydrogen) atoms. The second-order valence-corrected chi connectivity index (χ2v) is 7.93. The normalized spacial score (nSPS) is 22.9. The van der Waals surface area contributed by atoms with Gasteiger partial charge in [-0.25, -0.2) is 4.98 Å². The Morgan fingerprint density at radius 2 is 2.05 bits per heavy atom. The monoisotopic (exact) mass is 360 g/mol. The lowest BCUT2D eigenvalue weighted by atomic mass is 10.1. The van der Waals surface area contributed by atoms with E-state index in [-0.39, 0.29) is 5.91 Å². The fourth-order valence-corrected chi connectivity index (χ4v) is 3.65. The number of nitrogens with zero attached hydrogens (tertiary/aromatic N) is 1. The molecule has 2 aromatic rings. The highest BCUT2D eigenvalue weighted by molar-refractivity contribution is 7.14. The molecule has 3 rings (SSSR count). The number of nitrogens with one attached hydrogen (secondary N) is 1. The smallest absolute Gasteiger partial charge is 0.235 e. The Kier molecular flexibility index (Phi) is 3.69. The summed E-state index contributed by atoms with van der Waals surface area (Å²) in [5.41, 5.74) is 0.800. The minimum atomic E-state index is -0.986. The summed E-state index contributed by atoms with van der Waals surface area (Å²) in [4.78, 5) is 16.6. The molecule has 1 aromatic carbocycles. The molecule has 1 aliphatic carbocycles. The zero-order valence-corrected chi connectivity index (χ0v) is 14.1. The van der Waals surface area contributed by atoms with Crippen LogP contribution in [0, 0.1) is 5.41 Å². The molecule has 0 aliphatic heterocycles. The summed E-state index contributed by atoms with van der Waals surface area (Å²) < 4.78 is -0.986. The number of hydrogen-bond donors (Lipinski definition) is 1. The van der Waals surface area contributed by atoms with Crippen LogP contribution in [0.15, 0.2) is 29.6 Å². The Hall–Kier alpha value is -0.810. The number of thiazole rings is 1. The van der Waals surface area contributed by atoms with Crippen molar-refractivity contribution in [2.75, 3.05) is 5.32 Å². The van der Waals surface area contributed by atoms with Gasteiger partial charge in [0.2, 0.25) is 5.91 Å². The molecule has 0 bridgehead atoms. The molecule has 1 saturated carbocycles. The van der Waals surface area contributed by atoms with Gasteiger partial charge in [0, 0.05) is 16.0 Å². The van der Waals surface area contributed by atoms with Gasteiger partial charge in [0.15, 0.2) is 5.13 Å². The average Bonchev–Trinajstić information content (AvgIpc) is 2.75. The van der Waals surface area contributed by atoms with Crippen LogP contribution in [0.3, 0.4) is 0 Å². The zero-order valence-electron chi connectivity index (χ0n) is 11.0. The first-order valence-corrected chi connectivity index (χ1v) is 8.24. The molecule has 1 atom stereocenters. The van der Waals surface area contributed by atoms with Crippen LogP contribution >= 0.6 is 46.1 Å². The van der Waals surface area contributed by atoms with E-state index in [1.54, 1.807) is 13.0 Å². The van der Waals surface area contributed by atoms with Crippen LogP contribution in [0.1, 0.15) is 13.3 Å². The average molecular weight is 362 g/mol. The van der Waals surface area contributed by atoms with E-state index >= 15 is 0 Å². The highest BCUT2D eigenvalue weighted by Gasteiger charge is 2.68. The molecule has 3 nitrogen and oxygen atoms in total. The lowest BCUT2D eigenvalue weighted by molar-refractivity contribution is -0.120. The van der Waals surface area contributed by atoms with Crippen LogP contribution in [-0.2, 0) is 4.79 Å². The van der Waals surface area contributed by atoms with Gasteiger partial charge >= 0.3 is 0 Å². The van der Waals surface area contributed by atoms with Crippen LogP contribution in [-0.4, -0.2) is 15.2 Å². The Labute approximate surface area is 141 Å². The van der Waals surface area contributed by atoms with Crippen LogP contribution in [0.25, 0.3) is 11.3 Å². The lowest BCUT2D eigenvalue weighted by Gasteiger charge is -2.10. The van der Waals surface area contributed by atoms with Crippen molar-refractivity contribution in [1.29, 1.82) is 0 Å². The number of aromatic nitrogens is 1. The third-order valence-electron chi connectivity index (χ3n) is 3.63. The number of rotatable bonds is 3. The van der Waals surface area contributed by atoms with Gasteiger partial charge in [0.1, 0.15) is 4.33 Å². The largest absolute Gasteiger partial charge is 0.301 e. The second-order valence-electron chi connectivity index (χ2n) is 5.19. The van der Waals surface area contributed by atoms with Crippen molar-refractivity contribution in [2.45, 2.75) is 17.7 Å². The first-order chi connectivity index (χ1) is 9.83. The van der Waals surface area contributed by atoms with E-state index in [0.717, 1.165) is 11.3 Å². The molecular weight excluding hydrogens is 351 g/mol. The zero-order chi connectivity index (χ0) is 15.3. The van der Waals surface area contributed by atoms with E-state index in [0.29, 0.717) is 16.6 Å². The number of carbonyl (C=O) groups excluding carboxylic acids is 1. The molecule has 1 heterocycles. The van der Waals surface area contributed by atoms with E-state index in [2.05, 4.69) is 10.3 Å². The van der Waals surface area contributed by atoms with E-state index in [1.165, 1.54) is 11.3 Å². The predicted molar refractivity (Wildman–Crippen MR) is 88.4 cm³/mol. The SMILES string of the molecule is CC1(C(=O)Nc2nc(-c3ccccc3Cl)cs2)CC1(Cl)Cl. The van der Waals surface area contributed by atoms with Crippen LogP contribution < -0.4 is 5.32 Å².